The van der Waals surface area contributed by atoms with Crippen molar-refractivity contribution in [3.05, 3.63) is 123 Å². The first kappa shape index (κ1) is 21.7. The third-order valence-electron chi connectivity index (χ3n) is 5.53. The fourth-order valence-corrected chi connectivity index (χ4v) is 4.33. The molecule has 0 spiro atoms. The van der Waals surface area contributed by atoms with E-state index in [1.54, 1.807) is 12.4 Å². The molecule has 0 saturated heterocycles. The van der Waals surface area contributed by atoms with Crippen LogP contribution in [0, 0.1) is 0 Å². The lowest BCUT2D eigenvalue weighted by molar-refractivity contribution is 0.709. The highest BCUT2D eigenvalue weighted by atomic mass is 79.9. The number of hydrazone groups is 1. The van der Waals surface area contributed by atoms with Gasteiger partial charge in [0.05, 0.1) is 23.1 Å². The topological polar surface area (TPSA) is 40.9 Å². The minimum Gasteiger partial charge on any atom is -0.265 e. The molecular weight excluding hydrogens is 540 g/mol. The molecule has 2 heterocycles. The van der Waals surface area contributed by atoms with Crippen LogP contribution in [0.3, 0.4) is 0 Å². The summed E-state index contributed by atoms with van der Waals surface area (Å²) in [6.07, 6.45) is 6.19. The second-order valence-corrected chi connectivity index (χ2v) is 9.56. The normalized spacial score (nSPS) is 15.8. The van der Waals surface area contributed by atoms with E-state index in [1.807, 2.05) is 18.3 Å². The fourth-order valence-electron chi connectivity index (χ4n) is 3.80. The number of aliphatic imine (C=N–C) groups is 1. The van der Waals surface area contributed by atoms with Crippen LogP contribution in [-0.2, 0) is 0 Å². The molecule has 1 atom stereocenters. The Kier molecular flexibility index (Phi) is 6.46. The molecule has 1 aliphatic rings. The molecule has 0 amide bonds. The van der Waals surface area contributed by atoms with Crippen LogP contribution in [0.4, 0.5) is 11.4 Å². The second-order valence-electron chi connectivity index (χ2n) is 7.72. The number of hydrogen-bond acceptors (Lipinski definition) is 4. The molecule has 1 aliphatic heterocycles. The molecule has 0 bridgehead atoms. The van der Waals surface area contributed by atoms with Crippen LogP contribution < -0.4 is 5.01 Å². The van der Waals surface area contributed by atoms with Crippen molar-refractivity contribution >= 4 is 55.2 Å². The zero-order valence-electron chi connectivity index (χ0n) is 17.6. The summed E-state index contributed by atoms with van der Waals surface area (Å²) < 4.78 is 2.14. The van der Waals surface area contributed by atoms with Crippen molar-refractivity contribution in [3.63, 3.8) is 0 Å². The predicted molar refractivity (Wildman–Crippen MR) is 143 cm³/mol. The minimum atomic E-state index is 0.132. The first-order chi connectivity index (χ1) is 16.2. The van der Waals surface area contributed by atoms with Crippen molar-refractivity contribution < 1.29 is 0 Å². The first-order valence-corrected chi connectivity index (χ1v) is 12.2. The average Bonchev–Trinajstić information content (AvgIpc) is 3.30. The predicted octanol–water partition coefficient (Wildman–Crippen LogP) is 7.71. The Morgan fingerprint density at radius 3 is 2.09 bits per heavy atom. The van der Waals surface area contributed by atoms with E-state index in [4.69, 9.17) is 5.10 Å². The standard InChI is InChI=1S/C27H20Br2N4/c28-22-7-3-20(4-8-22)26-17-27(21-5-9-23(29)10-6-21)33(32-26)25-11-1-19(2-12-25)18-31-24-13-15-30-16-14-24/h1-16,18,27H,17H2. The molecule has 0 saturated carbocycles. The summed E-state index contributed by atoms with van der Waals surface area (Å²) in [6.45, 7) is 0. The highest BCUT2D eigenvalue weighted by Gasteiger charge is 2.29. The Morgan fingerprint density at radius 2 is 1.42 bits per heavy atom. The van der Waals surface area contributed by atoms with Gasteiger partial charge in [-0.1, -0.05) is 68.3 Å². The number of halogens is 2. The van der Waals surface area contributed by atoms with E-state index in [-0.39, 0.29) is 6.04 Å². The van der Waals surface area contributed by atoms with E-state index in [0.717, 1.165) is 43.6 Å². The highest BCUT2D eigenvalue weighted by Crippen LogP contribution is 2.37. The van der Waals surface area contributed by atoms with Gasteiger partial charge in [0.25, 0.3) is 0 Å². The monoisotopic (exact) mass is 558 g/mol. The van der Waals surface area contributed by atoms with Crippen molar-refractivity contribution in [1.29, 1.82) is 0 Å². The zero-order valence-corrected chi connectivity index (χ0v) is 20.8. The van der Waals surface area contributed by atoms with Crippen LogP contribution in [0.2, 0.25) is 0 Å². The number of benzene rings is 3. The van der Waals surface area contributed by atoms with Crippen LogP contribution in [0.1, 0.15) is 29.2 Å². The summed E-state index contributed by atoms with van der Waals surface area (Å²) in [7, 11) is 0. The number of pyridine rings is 1. The summed E-state index contributed by atoms with van der Waals surface area (Å²) in [5.41, 5.74) is 6.43. The van der Waals surface area contributed by atoms with Crippen molar-refractivity contribution in [1.82, 2.24) is 4.98 Å². The van der Waals surface area contributed by atoms with E-state index in [2.05, 4.69) is 120 Å². The average molecular weight is 560 g/mol. The van der Waals surface area contributed by atoms with E-state index in [0.29, 0.717) is 0 Å². The van der Waals surface area contributed by atoms with Crippen LogP contribution in [-0.4, -0.2) is 16.9 Å². The number of anilines is 1. The molecule has 0 radical (unpaired) electrons. The SMILES string of the molecule is Brc1ccc(C2=NN(c3ccc(C=Nc4ccncc4)cc3)C(c3ccc(Br)cc3)C2)cc1. The number of hydrogen-bond donors (Lipinski definition) is 0. The number of nitrogens with zero attached hydrogens (tertiary/aromatic N) is 4. The van der Waals surface area contributed by atoms with Crippen molar-refractivity contribution in [2.45, 2.75) is 12.5 Å². The van der Waals surface area contributed by atoms with E-state index < -0.39 is 0 Å². The van der Waals surface area contributed by atoms with Gasteiger partial charge in [-0.05, 0) is 65.2 Å². The molecule has 6 heteroatoms. The third kappa shape index (κ3) is 5.13. The molecule has 0 aliphatic carbocycles. The Labute approximate surface area is 210 Å². The second kappa shape index (κ2) is 9.81. The quantitative estimate of drug-likeness (QED) is 0.235. The summed E-state index contributed by atoms with van der Waals surface area (Å²) in [4.78, 5) is 8.55. The molecule has 0 N–H and O–H groups in total. The van der Waals surface area contributed by atoms with Crippen molar-refractivity contribution in [3.8, 4) is 0 Å². The van der Waals surface area contributed by atoms with E-state index in [9.17, 15) is 0 Å². The summed E-state index contributed by atoms with van der Waals surface area (Å²) in [5.74, 6) is 0. The molecule has 33 heavy (non-hydrogen) atoms. The maximum absolute atomic E-state index is 5.04. The van der Waals surface area contributed by atoms with E-state index in [1.165, 1.54) is 5.56 Å². The van der Waals surface area contributed by atoms with Crippen LogP contribution in [0.5, 0.6) is 0 Å². The molecular formula is C27H20Br2N4. The van der Waals surface area contributed by atoms with Crippen LogP contribution in [0.15, 0.2) is 116 Å². The lowest BCUT2D eigenvalue weighted by Crippen LogP contribution is -2.18. The molecule has 1 aromatic heterocycles. The van der Waals surface area contributed by atoms with Gasteiger partial charge in [0, 0.05) is 34.0 Å². The van der Waals surface area contributed by atoms with Crippen molar-refractivity contribution in [2.24, 2.45) is 10.1 Å². The lowest BCUT2D eigenvalue weighted by Gasteiger charge is -2.24. The molecule has 4 nitrogen and oxygen atoms in total. The van der Waals surface area contributed by atoms with Gasteiger partial charge in [0.1, 0.15) is 0 Å². The molecule has 162 valence electrons. The smallest absolute Gasteiger partial charge is 0.0831 e. The minimum absolute atomic E-state index is 0.132. The van der Waals surface area contributed by atoms with Gasteiger partial charge in [-0.2, -0.15) is 5.10 Å². The van der Waals surface area contributed by atoms with Crippen molar-refractivity contribution in [2.75, 3.05) is 5.01 Å². The Bertz CT molecular complexity index is 1280. The Morgan fingerprint density at radius 1 is 0.788 bits per heavy atom. The fraction of sp³-hybridized carbons (Fsp3) is 0.0741. The van der Waals surface area contributed by atoms with Gasteiger partial charge in [-0.25, -0.2) is 0 Å². The summed E-state index contributed by atoms with van der Waals surface area (Å²) in [5, 5.41) is 7.17. The molecule has 4 aromatic rings. The Balaban J connectivity index is 1.45. The number of aromatic nitrogens is 1. The molecule has 1 unspecified atom stereocenters. The number of rotatable bonds is 5. The Hall–Kier alpha value is -3.09. The van der Waals surface area contributed by atoms with Crippen LogP contribution in [0.25, 0.3) is 0 Å². The molecule has 0 fully saturated rings. The third-order valence-corrected chi connectivity index (χ3v) is 6.58. The maximum Gasteiger partial charge on any atom is 0.0831 e. The maximum atomic E-state index is 5.04. The van der Waals surface area contributed by atoms with E-state index >= 15 is 0 Å². The highest BCUT2D eigenvalue weighted by molar-refractivity contribution is 9.10. The summed E-state index contributed by atoms with van der Waals surface area (Å²) in [6, 6.07) is 29.1. The van der Waals surface area contributed by atoms with Gasteiger partial charge in [0.2, 0.25) is 0 Å². The summed E-state index contributed by atoms with van der Waals surface area (Å²) >= 11 is 7.07. The van der Waals surface area contributed by atoms with Gasteiger partial charge < -0.3 is 0 Å². The first-order valence-electron chi connectivity index (χ1n) is 10.6. The van der Waals surface area contributed by atoms with Gasteiger partial charge in [0.15, 0.2) is 0 Å². The largest absolute Gasteiger partial charge is 0.265 e. The molecule has 3 aromatic carbocycles. The van der Waals surface area contributed by atoms with Gasteiger partial charge >= 0.3 is 0 Å². The zero-order chi connectivity index (χ0) is 22.6. The van der Waals surface area contributed by atoms with Crippen LogP contribution >= 0.6 is 31.9 Å². The van der Waals surface area contributed by atoms with Gasteiger partial charge in [-0.3, -0.25) is 15.0 Å². The van der Waals surface area contributed by atoms with Gasteiger partial charge in [-0.15, -0.1) is 0 Å². The molecule has 5 rings (SSSR count). The lowest BCUT2D eigenvalue weighted by atomic mass is 9.98.